The molecular weight excluding hydrogens is 414 g/mol. The molecule has 3 rings (SSSR count). The Morgan fingerprint density at radius 1 is 1.00 bits per heavy atom. The van der Waals surface area contributed by atoms with Crippen LogP contribution in [0.5, 0.6) is 0 Å². The van der Waals surface area contributed by atoms with E-state index >= 15 is 0 Å². The molecule has 2 heterocycles. The van der Waals surface area contributed by atoms with Gasteiger partial charge in [0.2, 0.25) is 0 Å². The van der Waals surface area contributed by atoms with Gasteiger partial charge in [0, 0.05) is 11.9 Å². The molecule has 166 valence electrons. The minimum absolute atomic E-state index is 0.00428. The Balaban J connectivity index is 1.80. The van der Waals surface area contributed by atoms with E-state index in [1.165, 1.54) is 16.8 Å². The van der Waals surface area contributed by atoms with Gasteiger partial charge < -0.3 is 4.74 Å². The van der Waals surface area contributed by atoms with Gasteiger partial charge in [-0.3, -0.25) is 25.2 Å². The second-order valence-electron chi connectivity index (χ2n) is 6.88. The highest BCUT2D eigenvalue weighted by Gasteiger charge is 2.19. The Morgan fingerprint density at radius 3 is 2.34 bits per heavy atom. The molecule has 0 aliphatic carbocycles. The predicted octanol–water partition coefficient (Wildman–Crippen LogP) is 1.76. The number of ether oxygens (including phenoxy) is 1. The summed E-state index contributed by atoms with van der Waals surface area (Å²) >= 11 is 0. The molecule has 0 aliphatic rings. The van der Waals surface area contributed by atoms with Gasteiger partial charge in [0.05, 0.1) is 23.3 Å². The molecule has 10 heteroatoms. The van der Waals surface area contributed by atoms with Crippen LogP contribution in [-0.2, 0) is 11.3 Å². The van der Waals surface area contributed by atoms with Crippen molar-refractivity contribution in [3.63, 3.8) is 0 Å². The van der Waals surface area contributed by atoms with Crippen molar-refractivity contribution in [1.82, 2.24) is 25.6 Å². The van der Waals surface area contributed by atoms with Gasteiger partial charge in [0.25, 0.3) is 17.4 Å². The van der Waals surface area contributed by atoms with Gasteiger partial charge in [-0.15, -0.1) is 0 Å². The lowest BCUT2D eigenvalue weighted by atomic mass is 10.1. The van der Waals surface area contributed by atoms with Gasteiger partial charge in [-0.05, 0) is 38.5 Å². The third-order valence-electron chi connectivity index (χ3n) is 4.62. The number of aryl methyl sites for hydroxylation is 2. The predicted molar refractivity (Wildman–Crippen MR) is 116 cm³/mol. The summed E-state index contributed by atoms with van der Waals surface area (Å²) < 4.78 is 6.17. The van der Waals surface area contributed by atoms with Crippen LogP contribution in [0, 0.1) is 6.92 Å². The first-order valence-corrected chi connectivity index (χ1v) is 10.1. The van der Waals surface area contributed by atoms with E-state index in [0.29, 0.717) is 29.4 Å². The topological polar surface area (TPSA) is 132 Å². The number of hydrazine groups is 1. The highest BCUT2D eigenvalue weighted by atomic mass is 16.5. The second kappa shape index (κ2) is 9.82. The van der Waals surface area contributed by atoms with Crippen molar-refractivity contribution in [2.75, 3.05) is 6.61 Å². The molecule has 2 amide bonds. The first-order valence-electron chi connectivity index (χ1n) is 10.1. The van der Waals surface area contributed by atoms with Gasteiger partial charge in [-0.2, -0.15) is 5.10 Å². The first kappa shape index (κ1) is 22.6. The van der Waals surface area contributed by atoms with E-state index in [1.54, 1.807) is 38.1 Å². The largest absolute Gasteiger partial charge is 0.462 e. The Hall–Kier alpha value is -4.08. The molecule has 3 aromatic rings. The minimum atomic E-state index is -0.681. The molecule has 0 saturated carbocycles. The van der Waals surface area contributed by atoms with Crippen LogP contribution in [0.3, 0.4) is 0 Å². The summed E-state index contributed by atoms with van der Waals surface area (Å²) in [5.74, 6) is -1.89. The highest BCUT2D eigenvalue weighted by molar-refractivity contribution is 6.05. The van der Waals surface area contributed by atoms with Crippen molar-refractivity contribution in [2.45, 2.75) is 33.7 Å². The van der Waals surface area contributed by atoms with Crippen molar-refractivity contribution >= 4 is 28.6 Å². The summed E-state index contributed by atoms with van der Waals surface area (Å²) in [6.07, 6.45) is 0.663. The molecule has 0 atom stereocenters. The summed E-state index contributed by atoms with van der Waals surface area (Å²) in [6.45, 7) is 5.74. The van der Waals surface area contributed by atoms with E-state index in [-0.39, 0.29) is 29.1 Å². The van der Waals surface area contributed by atoms with Crippen LogP contribution in [-0.4, -0.2) is 39.2 Å². The number of benzene rings is 1. The number of nitrogens with zero attached hydrogens (tertiary/aromatic N) is 3. The van der Waals surface area contributed by atoms with Crippen LogP contribution in [0.25, 0.3) is 10.8 Å². The van der Waals surface area contributed by atoms with E-state index in [1.807, 2.05) is 6.92 Å². The number of carbonyl (C=O) groups is 3. The van der Waals surface area contributed by atoms with Crippen LogP contribution in [0.15, 0.2) is 41.2 Å². The smallest absolute Gasteiger partial charge is 0.339 e. The fourth-order valence-corrected chi connectivity index (χ4v) is 3.12. The SMILES string of the molecule is CCCn1nc(C(=O)NNC(=O)c2ccc(C(=O)OCC)c(C)n2)c2ccccc2c1=O. The Morgan fingerprint density at radius 2 is 1.69 bits per heavy atom. The number of nitrogens with one attached hydrogen (secondary N) is 2. The van der Waals surface area contributed by atoms with Crippen molar-refractivity contribution in [2.24, 2.45) is 0 Å². The molecule has 0 bridgehead atoms. The summed E-state index contributed by atoms with van der Waals surface area (Å²) in [4.78, 5) is 53.7. The third-order valence-corrected chi connectivity index (χ3v) is 4.62. The Labute approximate surface area is 183 Å². The standard InChI is InChI=1S/C22H23N5O5/c1-4-12-27-21(30)16-9-7-6-8-15(16)18(26-27)20(29)25-24-19(28)17-11-10-14(13(3)23-17)22(31)32-5-2/h6-11H,4-5,12H2,1-3H3,(H,24,28)(H,25,29). The molecule has 32 heavy (non-hydrogen) atoms. The first-order chi connectivity index (χ1) is 15.4. The van der Waals surface area contributed by atoms with Crippen molar-refractivity contribution in [3.8, 4) is 0 Å². The molecule has 0 spiro atoms. The lowest BCUT2D eigenvalue weighted by molar-refractivity contribution is 0.0524. The van der Waals surface area contributed by atoms with Crippen molar-refractivity contribution in [1.29, 1.82) is 0 Å². The Bertz CT molecular complexity index is 1250. The van der Waals surface area contributed by atoms with Crippen LogP contribution >= 0.6 is 0 Å². The number of aromatic nitrogens is 3. The van der Waals surface area contributed by atoms with Gasteiger partial charge >= 0.3 is 5.97 Å². The summed E-state index contributed by atoms with van der Waals surface area (Å²) in [7, 11) is 0. The van der Waals surface area contributed by atoms with E-state index in [9.17, 15) is 19.2 Å². The lowest BCUT2D eigenvalue weighted by Crippen LogP contribution is -2.43. The fraction of sp³-hybridized carbons (Fsp3) is 0.273. The van der Waals surface area contributed by atoms with Crippen LogP contribution in [0.4, 0.5) is 0 Å². The summed E-state index contributed by atoms with van der Waals surface area (Å²) in [5, 5.41) is 4.92. The minimum Gasteiger partial charge on any atom is -0.462 e. The molecule has 10 nitrogen and oxygen atoms in total. The zero-order chi connectivity index (χ0) is 23.3. The average Bonchev–Trinajstić information content (AvgIpc) is 2.79. The number of amides is 2. The number of esters is 1. The normalized spacial score (nSPS) is 10.6. The van der Waals surface area contributed by atoms with Crippen LogP contribution in [0.2, 0.25) is 0 Å². The molecular formula is C22H23N5O5. The van der Waals surface area contributed by atoms with Crippen molar-refractivity contribution in [3.05, 3.63) is 69.4 Å². The molecule has 2 N–H and O–H groups in total. The number of rotatable bonds is 6. The number of hydrogen-bond acceptors (Lipinski definition) is 7. The Kier molecular flexibility index (Phi) is 6.93. The third kappa shape index (κ3) is 4.64. The molecule has 2 aromatic heterocycles. The molecule has 0 aliphatic heterocycles. The van der Waals surface area contributed by atoms with Gasteiger partial charge in [-0.25, -0.2) is 14.5 Å². The second-order valence-corrected chi connectivity index (χ2v) is 6.88. The van der Waals surface area contributed by atoms with Gasteiger partial charge in [-0.1, -0.05) is 25.1 Å². The fourth-order valence-electron chi connectivity index (χ4n) is 3.12. The van der Waals surface area contributed by atoms with Crippen molar-refractivity contribution < 1.29 is 19.1 Å². The van der Waals surface area contributed by atoms with Crippen LogP contribution in [0.1, 0.15) is 57.3 Å². The molecule has 0 saturated heterocycles. The van der Waals surface area contributed by atoms with E-state index in [4.69, 9.17) is 4.74 Å². The molecule has 1 aromatic carbocycles. The highest BCUT2D eigenvalue weighted by Crippen LogP contribution is 2.13. The number of pyridine rings is 1. The summed E-state index contributed by atoms with van der Waals surface area (Å²) in [5.41, 5.74) is 4.89. The maximum atomic E-state index is 12.8. The average molecular weight is 437 g/mol. The monoisotopic (exact) mass is 437 g/mol. The van der Waals surface area contributed by atoms with Crippen LogP contribution < -0.4 is 16.4 Å². The zero-order valence-corrected chi connectivity index (χ0v) is 18.0. The quantitative estimate of drug-likeness (QED) is 0.443. The number of hydrogen-bond donors (Lipinski definition) is 2. The van der Waals surface area contributed by atoms with E-state index in [0.717, 1.165) is 0 Å². The maximum Gasteiger partial charge on any atom is 0.339 e. The molecule has 0 unspecified atom stereocenters. The lowest BCUT2D eigenvalue weighted by Gasteiger charge is -2.12. The number of carbonyl (C=O) groups excluding carboxylic acids is 3. The van der Waals surface area contributed by atoms with E-state index < -0.39 is 17.8 Å². The zero-order valence-electron chi connectivity index (χ0n) is 18.0. The van der Waals surface area contributed by atoms with Gasteiger partial charge in [0.1, 0.15) is 5.69 Å². The maximum absolute atomic E-state index is 12.8. The molecule has 0 fully saturated rings. The van der Waals surface area contributed by atoms with E-state index in [2.05, 4.69) is 20.9 Å². The summed E-state index contributed by atoms with van der Waals surface area (Å²) in [6, 6.07) is 9.44. The molecule has 0 radical (unpaired) electrons. The van der Waals surface area contributed by atoms with Gasteiger partial charge in [0.15, 0.2) is 5.69 Å². The number of fused-ring (bicyclic) bond motifs is 1.